The fourth-order valence-electron chi connectivity index (χ4n) is 2.57. The van der Waals surface area contributed by atoms with Crippen LogP contribution in [0.1, 0.15) is 11.3 Å². The number of benzene rings is 2. The van der Waals surface area contributed by atoms with E-state index in [4.69, 9.17) is 11.6 Å². The third-order valence-corrected chi connectivity index (χ3v) is 6.48. The molecule has 0 spiro atoms. The third-order valence-electron chi connectivity index (χ3n) is 3.93. The number of anilines is 1. The molecule has 29 heavy (non-hydrogen) atoms. The highest BCUT2D eigenvalue weighted by Gasteiger charge is 2.10. The maximum atomic E-state index is 12.4. The maximum Gasteiger partial charge on any atom is 0.228 e. The van der Waals surface area contributed by atoms with Crippen molar-refractivity contribution in [3.05, 3.63) is 70.5 Å². The normalized spacial score (nSPS) is 10.8. The number of nitrogens with one attached hydrogen (secondary N) is 1. The highest BCUT2D eigenvalue weighted by atomic mass is 35.5. The lowest BCUT2D eigenvalue weighted by molar-refractivity contribution is -0.115. The van der Waals surface area contributed by atoms with Gasteiger partial charge in [0.1, 0.15) is 6.33 Å². The maximum absolute atomic E-state index is 12.4. The smallest absolute Gasteiger partial charge is 0.228 e. The fourth-order valence-corrected chi connectivity index (χ4v) is 4.66. The second kappa shape index (κ2) is 8.73. The van der Waals surface area contributed by atoms with Crippen LogP contribution in [0.4, 0.5) is 5.69 Å². The Hall–Kier alpha value is -2.75. The quantitative estimate of drug-likeness (QED) is 0.476. The number of aryl methyl sites for hydroxylation is 1. The average molecular weight is 443 g/mol. The lowest BCUT2D eigenvalue weighted by Gasteiger charge is -2.08. The summed E-state index contributed by atoms with van der Waals surface area (Å²) in [5.41, 5.74) is 3.36. The van der Waals surface area contributed by atoms with E-state index in [1.54, 1.807) is 22.1 Å². The number of rotatable bonds is 6. The Balaban J connectivity index is 1.37. The van der Waals surface area contributed by atoms with Gasteiger partial charge in [-0.25, -0.2) is 9.67 Å². The van der Waals surface area contributed by atoms with E-state index in [1.807, 2.05) is 48.7 Å². The summed E-state index contributed by atoms with van der Waals surface area (Å²) in [6.07, 6.45) is 1.77. The number of nitrogens with zero attached hydrogens (tertiary/aromatic N) is 5. The highest BCUT2D eigenvalue weighted by molar-refractivity contribution is 8.01. The first kappa shape index (κ1) is 19.6. The molecule has 0 saturated carbocycles. The van der Waals surface area contributed by atoms with Crippen LogP contribution < -0.4 is 5.32 Å². The van der Waals surface area contributed by atoms with Gasteiger partial charge in [-0.2, -0.15) is 0 Å². The molecule has 0 radical (unpaired) electrons. The summed E-state index contributed by atoms with van der Waals surface area (Å²) in [5, 5.41) is 16.5. The van der Waals surface area contributed by atoms with Gasteiger partial charge in [-0.3, -0.25) is 4.79 Å². The number of hydrogen-bond donors (Lipinski definition) is 1. The minimum absolute atomic E-state index is 0.118. The molecule has 4 rings (SSSR count). The molecule has 146 valence electrons. The van der Waals surface area contributed by atoms with Gasteiger partial charge in [-0.15, -0.1) is 16.4 Å². The Morgan fingerprint density at radius 1 is 1.24 bits per heavy atom. The van der Waals surface area contributed by atoms with Crippen LogP contribution in [0.3, 0.4) is 0 Å². The first-order chi connectivity index (χ1) is 14.1. The number of amides is 1. The van der Waals surface area contributed by atoms with Crippen LogP contribution in [0.2, 0.25) is 5.02 Å². The average Bonchev–Trinajstić information content (AvgIpc) is 3.36. The Labute approximate surface area is 180 Å². The summed E-state index contributed by atoms with van der Waals surface area (Å²) in [5.74, 6) is -0.118. The molecule has 0 unspecified atom stereocenters. The third kappa shape index (κ3) is 5.00. The monoisotopic (exact) mass is 442 g/mol. The lowest BCUT2D eigenvalue weighted by Crippen LogP contribution is -2.14. The number of thiazole rings is 1. The van der Waals surface area contributed by atoms with Crippen LogP contribution in [-0.2, 0) is 11.2 Å². The molecular weight excluding hydrogens is 428 g/mol. The number of carbonyl (C=O) groups excluding carboxylic acids is 1. The molecular formula is C19H15ClN6OS2. The topological polar surface area (TPSA) is 85.6 Å². The van der Waals surface area contributed by atoms with Gasteiger partial charge in [-0.1, -0.05) is 35.5 Å². The second-order valence-corrected chi connectivity index (χ2v) is 8.70. The summed E-state index contributed by atoms with van der Waals surface area (Å²) in [6, 6.07) is 13.0. The van der Waals surface area contributed by atoms with Gasteiger partial charge in [0, 0.05) is 21.7 Å². The van der Waals surface area contributed by atoms with Crippen molar-refractivity contribution < 1.29 is 4.79 Å². The molecule has 0 bridgehead atoms. The minimum Gasteiger partial charge on any atom is -0.326 e. The van der Waals surface area contributed by atoms with E-state index in [0.29, 0.717) is 10.7 Å². The van der Waals surface area contributed by atoms with E-state index in [2.05, 4.69) is 25.8 Å². The first-order valence-corrected chi connectivity index (χ1v) is 10.7. The molecule has 0 atom stereocenters. The molecule has 2 aromatic carbocycles. The Morgan fingerprint density at radius 2 is 2.07 bits per heavy atom. The van der Waals surface area contributed by atoms with E-state index >= 15 is 0 Å². The second-order valence-electron chi connectivity index (χ2n) is 6.15. The lowest BCUT2D eigenvalue weighted by atomic mass is 10.1. The Kier molecular flexibility index (Phi) is 5.89. The largest absolute Gasteiger partial charge is 0.326 e. The summed E-state index contributed by atoms with van der Waals surface area (Å²) < 4.78 is 2.49. The molecule has 0 aliphatic rings. The zero-order valence-corrected chi connectivity index (χ0v) is 17.6. The predicted octanol–water partition coefficient (Wildman–Crippen LogP) is 4.41. The van der Waals surface area contributed by atoms with Crippen molar-refractivity contribution in [3.8, 4) is 5.69 Å². The first-order valence-electron chi connectivity index (χ1n) is 8.58. The summed E-state index contributed by atoms with van der Waals surface area (Å²) >= 11 is 9.47. The number of tetrazole rings is 1. The van der Waals surface area contributed by atoms with Crippen molar-refractivity contribution in [1.82, 2.24) is 25.2 Å². The summed E-state index contributed by atoms with van der Waals surface area (Å²) in [4.78, 5) is 17.7. The highest BCUT2D eigenvalue weighted by Crippen LogP contribution is 2.36. The zero-order valence-electron chi connectivity index (χ0n) is 15.2. The zero-order chi connectivity index (χ0) is 20.2. The molecule has 0 fully saturated rings. The molecule has 4 aromatic rings. The van der Waals surface area contributed by atoms with Gasteiger partial charge in [-0.05, 0) is 53.2 Å². The van der Waals surface area contributed by atoms with Gasteiger partial charge in [0.05, 0.1) is 17.1 Å². The number of halogens is 1. The van der Waals surface area contributed by atoms with Crippen molar-refractivity contribution in [2.75, 3.05) is 5.32 Å². The number of hydrogen-bond acceptors (Lipinski definition) is 7. The van der Waals surface area contributed by atoms with Gasteiger partial charge in [0.2, 0.25) is 5.91 Å². The van der Waals surface area contributed by atoms with Crippen molar-refractivity contribution in [3.63, 3.8) is 0 Å². The van der Waals surface area contributed by atoms with E-state index < -0.39 is 0 Å². The van der Waals surface area contributed by atoms with Crippen LogP contribution in [0.15, 0.2) is 63.4 Å². The molecule has 2 aromatic heterocycles. The van der Waals surface area contributed by atoms with Crippen molar-refractivity contribution in [1.29, 1.82) is 0 Å². The number of carbonyl (C=O) groups is 1. The van der Waals surface area contributed by atoms with Crippen molar-refractivity contribution in [2.24, 2.45) is 0 Å². The van der Waals surface area contributed by atoms with E-state index in [1.165, 1.54) is 18.1 Å². The minimum atomic E-state index is -0.118. The van der Waals surface area contributed by atoms with Crippen molar-refractivity contribution >= 4 is 46.3 Å². The van der Waals surface area contributed by atoms with Crippen LogP contribution in [0.25, 0.3) is 5.69 Å². The van der Waals surface area contributed by atoms with E-state index in [-0.39, 0.29) is 12.3 Å². The Morgan fingerprint density at radius 3 is 2.72 bits per heavy atom. The fraction of sp³-hybridized carbons (Fsp3) is 0.105. The standard InChI is InChI=1S/C19H15ClN6OS2/c1-12-10-28-19(22-12)29-17-7-4-14(9-16(17)20)23-18(27)8-13-2-5-15(6-3-13)26-11-21-24-25-26/h2-7,9-11H,8H2,1H3,(H,23,27). The van der Waals surface area contributed by atoms with Gasteiger partial charge in [0.15, 0.2) is 4.34 Å². The molecule has 0 saturated heterocycles. The van der Waals surface area contributed by atoms with E-state index in [9.17, 15) is 4.79 Å². The van der Waals surface area contributed by atoms with Gasteiger partial charge in [0.25, 0.3) is 0 Å². The predicted molar refractivity (Wildman–Crippen MR) is 114 cm³/mol. The van der Waals surface area contributed by atoms with Crippen LogP contribution in [0, 0.1) is 6.92 Å². The van der Waals surface area contributed by atoms with Crippen molar-refractivity contribution in [2.45, 2.75) is 22.6 Å². The molecule has 1 N–H and O–H groups in total. The van der Waals surface area contributed by atoms with Gasteiger partial charge < -0.3 is 5.32 Å². The van der Waals surface area contributed by atoms with Gasteiger partial charge >= 0.3 is 0 Å². The summed E-state index contributed by atoms with van der Waals surface area (Å²) in [6.45, 7) is 1.96. The molecule has 1 amide bonds. The number of aromatic nitrogens is 5. The Bertz CT molecular complexity index is 1130. The molecule has 2 heterocycles. The molecule has 7 nitrogen and oxygen atoms in total. The summed E-state index contributed by atoms with van der Waals surface area (Å²) in [7, 11) is 0. The molecule has 0 aliphatic heterocycles. The molecule has 0 aliphatic carbocycles. The van der Waals surface area contributed by atoms with Crippen LogP contribution in [-0.4, -0.2) is 31.1 Å². The SMILES string of the molecule is Cc1csc(Sc2ccc(NC(=O)Cc3ccc(-n4cnnn4)cc3)cc2Cl)n1. The van der Waals surface area contributed by atoms with Crippen LogP contribution in [0.5, 0.6) is 0 Å². The molecule has 10 heteroatoms. The van der Waals surface area contributed by atoms with Crippen LogP contribution >= 0.6 is 34.7 Å². The van der Waals surface area contributed by atoms with E-state index in [0.717, 1.165) is 26.2 Å².